The van der Waals surface area contributed by atoms with Crippen molar-refractivity contribution in [3.8, 4) is 0 Å². The molecule has 0 saturated carbocycles. The largest absolute Gasteiger partial charge is 0.481 e. The highest BCUT2D eigenvalue weighted by Crippen LogP contribution is 2.21. The van der Waals surface area contributed by atoms with E-state index in [1.54, 1.807) is 6.92 Å². The van der Waals surface area contributed by atoms with Crippen LogP contribution in [-0.4, -0.2) is 35.9 Å². The van der Waals surface area contributed by atoms with Crippen LogP contribution in [0.15, 0.2) is 0 Å². The van der Waals surface area contributed by atoms with Crippen molar-refractivity contribution < 1.29 is 27.9 Å². The molecule has 118 valence electrons. The van der Waals surface area contributed by atoms with Crippen LogP contribution in [0, 0.1) is 0 Å². The fourth-order valence-electron chi connectivity index (χ4n) is 1.56. The van der Waals surface area contributed by atoms with Crippen molar-refractivity contribution in [1.29, 1.82) is 0 Å². The molecular formula is C12H21F3N2O3. The van der Waals surface area contributed by atoms with E-state index in [-0.39, 0.29) is 31.8 Å². The molecule has 1 atom stereocenters. The second-order valence-electron chi connectivity index (χ2n) is 4.66. The van der Waals surface area contributed by atoms with Gasteiger partial charge in [0.15, 0.2) is 0 Å². The summed E-state index contributed by atoms with van der Waals surface area (Å²) in [6, 6.07) is -0.621. The van der Waals surface area contributed by atoms with E-state index in [4.69, 9.17) is 5.11 Å². The van der Waals surface area contributed by atoms with Crippen LogP contribution < -0.4 is 10.6 Å². The van der Waals surface area contributed by atoms with Crippen molar-refractivity contribution in [3.63, 3.8) is 0 Å². The van der Waals surface area contributed by atoms with Crippen molar-refractivity contribution >= 4 is 12.0 Å². The summed E-state index contributed by atoms with van der Waals surface area (Å²) in [7, 11) is 0. The first kappa shape index (κ1) is 18.5. The Kier molecular flexibility index (Phi) is 8.74. The van der Waals surface area contributed by atoms with Crippen LogP contribution in [0.4, 0.5) is 18.0 Å². The summed E-state index contributed by atoms with van der Waals surface area (Å²) in [5.41, 5.74) is 0. The van der Waals surface area contributed by atoms with Gasteiger partial charge in [0.05, 0.1) is 0 Å². The Morgan fingerprint density at radius 2 is 1.85 bits per heavy atom. The van der Waals surface area contributed by atoms with E-state index < -0.39 is 24.6 Å². The Bertz CT molecular complexity index is 309. The van der Waals surface area contributed by atoms with Crippen LogP contribution in [0.25, 0.3) is 0 Å². The maximum Gasteiger partial charge on any atom is 0.389 e. The number of halogens is 3. The van der Waals surface area contributed by atoms with Gasteiger partial charge in [0, 0.05) is 25.4 Å². The highest BCUT2D eigenvalue weighted by Gasteiger charge is 2.25. The molecular weight excluding hydrogens is 277 g/mol. The Morgan fingerprint density at radius 3 is 2.40 bits per heavy atom. The molecule has 0 bridgehead atoms. The summed E-state index contributed by atoms with van der Waals surface area (Å²) in [4.78, 5) is 21.6. The summed E-state index contributed by atoms with van der Waals surface area (Å²) < 4.78 is 35.5. The third kappa shape index (κ3) is 13.0. The standard InChI is InChI=1S/C12H21F3N2O3/c1-9(5-4-6-10(18)19)17-11(20)16-8-3-2-7-12(13,14)15/h9H,2-8H2,1H3,(H,18,19)(H2,16,17,20). The van der Waals surface area contributed by atoms with Crippen LogP contribution in [-0.2, 0) is 4.79 Å². The summed E-state index contributed by atoms with van der Waals surface area (Å²) in [5, 5.41) is 13.5. The number of unbranched alkanes of at least 4 members (excludes halogenated alkanes) is 1. The number of hydrogen-bond donors (Lipinski definition) is 3. The molecule has 0 fully saturated rings. The van der Waals surface area contributed by atoms with E-state index in [0.29, 0.717) is 12.8 Å². The zero-order valence-corrected chi connectivity index (χ0v) is 11.4. The molecule has 0 radical (unpaired) electrons. The fourth-order valence-corrected chi connectivity index (χ4v) is 1.56. The quantitative estimate of drug-likeness (QED) is 0.573. The van der Waals surface area contributed by atoms with E-state index in [0.717, 1.165) is 0 Å². The van der Waals surface area contributed by atoms with Gasteiger partial charge in [0.1, 0.15) is 0 Å². The van der Waals surface area contributed by atoms with Crippen molar-refractivity contribution in [1.82, 2.24) is 10.6 Å². The van der Waals surface area contributed by atoms with E-state index in [1.807, 2.05) is 0 Å². The molecule has 5 nitrogen and oxygen atoms in total. The van der Waals surface area contributed by atoms with E-state index in [2.05, 4.69) is 10.6 Å². The van der Waals surface area contributed by atoms with E-state index in [1.165, 1.54) is 0 Å². The smallest absolute Gasteiger partial charge is 0.389 e. The van der Waals surface area contributed by atoms with Gasteiger partial charge in [0.25, 0.3) is 0 Å². The number of alkyl halides is 3. The summed E-state index contributed by atoms with van der Waals surface area (Å²) in [6.45, 7) is 1.93. The molecule has 1 unspecified atom stereocenters. The van der Waals surface area contributed by atoms with Crippen molar-refractivity contribution in [2.24, 2.45) is 0 Å². The first-order valence-electron chi connectivity index (χ1n) is 6.53. The van der Waals surface area contributed by atoms with Crippen LogP contribution in [0.3, 0.4) is 0 Å². The van der Waals surface area contributed by atoms with E-state index >= 15 is 0 Å². The van der Waals surface area contributed by atoms with Crippen LogP contribution in [0.2, 0.25) is 0 Å². The predicted octanol–water partition coefficient (Wildman–Crippen LogP) is 2.66. The average molecular weight is 298 g/mol. The molecule has 0 aliphatic heterocycles. The highest BCUT2D eigenvalue weighted by atomic mass is 19.4. The number of carboxylic acid groups (broad SMARTS) is 1. The van der Waals surface area contributed by atoms with Crippen LogP contribution in [0.1, 0.15) is 45.4 Å². The molecule has 0 aliphatic rings. The zero-order chi connectivity index (χ0) is 15.6. The van der Waals surface area contributed by atoms with Gasteiger partial charge < -0.3 is 15.7 Å². The van der Waals surface area contributed by atoms with Gasteiger partial charge in [-0.3, -0.25) is 4.79 Å². The van der Waals surface area contributed by atoms with Crippen molar-refractivity contribution in [3.05, 3.63) is 0 Å². The second kappa shape index (κ2) is 9.44. The monoisotopic (exact) mass is 298 g/mol. The SMILES string of the molecule is CC(CCCC(=O)O)NC(=O)NCCCCC(F)(F)F. The van der Waals surface area contributed by atoms with E-state index in [9.17, 15) is 22.8 Å². The van der Waals surface area contributed by atoms with Gasteiger partial charge in [-0.2, -0.15) is 13.2 Å². The maximum atomic E-state index is 11.8. The molecule has 2 amide bonds. The minimum absolute atomic E-state index is 0.0159. The third-order valence-corrected chi connectivity index (χ3v) is 2.58. The number of carboxylic acids is 1. The number of urea groups is 1. The molecule has 0 spiro atoms. The number of nitrogens with one attached hydrogen (secondary N) is 2. The first-order valence-corrected chi connectivity index (χ1v) is 6.53. The first-order chi connectivity index (χ1) is 9.20. The Morgan fingerprint density at radius 1 is 1.20 bits per heavy atom. The minimum atomic E-state index is -4.15. The van der Waals surface area contributed by atoms with Gasteiger partial charge in [-0.05, 0) is 32.6 Å². The number of aliphatic carboxylic acids is 1. The molecule has 20 heavy (non-hydrogen) atoms. The molecule has 0 aromatic carbocycles. The third-order valence-electron chi connectivity index (χ3n) is 2.58. The minimum Gasteiger partial charge on any atom is -0.481 e. The number of carbonyl (C=O) groups is 2. The summed E-state index contributed by atoms with van der Waals surface area (Å²) in [5.74, 6) is -0.883. The van der Waals surface area contributed by atoms with Crippen molar-refractivity contribution in [2.75, 3.05) is 6.54 Å². The summed E-state index contributed by atoms with van der Waals surface area (Å²) >= 11 is 0. The second-order valence-corrected chi connectivity index (χ2v) is 4.66. The molecule has 0 heterocycles. The Hall–Kier alpha value is -1.47. The van der Waals surface area contributed by atoms with Gasteiger partial charge in [-0.15, -0.1) is 0 Å². The van der Waals surface area contributed by atoms with Gasteiger partial charge in [-0.1, -0.05) is 0 Å². The topological polar surface area (TPSA) is 78.4 Å². The molecule has 8 heteroatoms. The number of rotatable bonds is 9. The lowest BCUT2D eigenvalue weighted by molar-refractivity contribution is -0.137. The Balaban J connectivity index is 3.55. The molecule has 3 N–H and O–H groups in total. The van der Waals surface area contributed by atoms with Gasteiger partial charge >= 0.3 is 18.2 Å². The lowest BCUT2D eigenvalue weighted by Gasteiger charge is -2.14. The molecule has 0 aromatic heterocycles. The predicted molar refractivity (Wildman–Crippen MR) is 67.4 cm³/mol. The molecule has 0 rings (SSSR count). The summed E-state index contributed by atoms with van der Waals surface area (Å²) in [6.07, 6.45) is -3.71. The molecule has 0 aromatic rings. The lowest BCUT2D eigenvalue weighted by Crippen LogP contribution is -2.41. The normalized spacial score (nSPS) is 12.8. The maximum absolute atomic E-state index is 11.8. The number of hydrogen-bond acceptors (Lipinski definition) is 2. The molecule has 0 saturated heterocycles. The average Bonchev–Trinajstić information content (AvgIpc) is 2.26. The molecule has 0 aliphatic carbocycles. The van der Waals surface area contributed by atoms with Crippen LogP contribution in [0.5, 0.6) is 0 Å². The van der Waals surface area contributed by atoms with Gasteiger partial charge in [-0.25, -0.2) is 4.79 Å². The number of amides is 2. The highest BCUT2D eigenvalue weighted by molar-refractivity contribution is 5.74. The van der Waals surface area contributed by atoms with Gasteiger partial charge in [0.2, 0.25) is 0 Å². The van der Waals surface area contributed by atoms with Crippen molar-refractivity contribution in [2.45, 2.75) is 57.7 Å². The fraction of sp³-hybridized carbons (Fsp3) is 0.833. The number of carbonyl (C=O) groups excluding carboxylic acids is 1. The lowest BCUT2D eigenvalue weighted by atomic mass is 10.1. The Labute approximate surface area is 115 Å². The van der Waals surface area contributed by atoms with Crippen LogP contribution >= 0.6 is 0 Å². The zero-order valence-electron chi connectivity index (χ0n) is 11.4.